The van der Waals surface area contributed by atoms with Gasteiger partial charge in [0.05, 0.1) is 13.7 Å². The van der Waals surface area contributed by atoms with E-state index in [0.29, 0.717) is 12.1 Å². The Bertz CT molecular complexity index is 817. The summed E-state index contributed by atoms with van der Waals surface area (Å²) in [7, 11) is 1.23. The molecule has 1 saturated carbocycles. The molecule has 1 aliphatic carbocycles. The smallest absolute Gasteiger partial charge is 0.325 e. The monoisotopic (exact) mass is 363 g/mol. The summed E-state index contributed by atoms with van der Waals surface area (Å²) in [5, 5.41) is 18.5. The first-order valence-corrected chi connectivity index (χ1v) is 8.08. The molecule has 0 bridgehead atoms. The molecule has 0 aromatic carbocycles. The molecule has 26 heavy (non-hydrogen) atoms. The van der Waals surface area contributed by atoms with E-state index in [0.717, 1.165) is 0 Å². The molecule has 10 heteroatoms. The van der Waals surface area contributed by atoms with Crippen molar-refractivity contribution in [3.8, 4) is 0 Å². The molecule has 5 N–H and O–H groups in total. The number of ether oxygens (including phenoxy) is 1. The minimum atomic E-state index is -1.06. The van der Waals surface area contributed by atoms with Crippen LogP contribution in [0.4, 0.5) is 5.82 Å². The van der Waals surface area contributed by atoms with E-state index < -0.39 is 23.0 Å². The molecule has 140 valence electrons. The standard InChI is InChI=1S/C16H22N6O4/c1-9-6-16(9,15(25)21-8-12(23)26-3)22-5-4-19-13(14(22)24)20-7-11(18)10(2)17/h4-5,9,17-18H,6-8H2,1-3H3,(H,19,20)(H,21,25)/p+1/t9?,16-/m1/s1. The fourth-order valence-electron chi connectivity index (χ4n) is 2.71. The minimum Gasteiger partial charge on any atom is -0.468 e. The van der Waals surface area contributed by atoms with Gasteiger partial charge < -0.3 is 15.4 Å². The second-order valence-corrected chi connectivity index (χ2v) is 6.25. The van der Waals surface area contributed by atoms with Crippen molar-refractivity contribution < 1.29 is 19.7 Å². The summed E-state index contributed by atoms with van der Waals surface area (Å²) in [6.07, 6.45) is 3.32. The molecule has 0 radical (unpaired) electrons. The van der Waals surface area contributed by atoms with Gasteiger partial charge in [-0.05, 0) is 12.3 Å². The molecule has 2 rings (SSSR count). The molecule has 1 aromatic rings. The molecular weight excluding hydrogens is 340 g/mol. The number of rotatable bonds is 8. The summed E-state index contributed by atoms with van der Waals surface area (Å²) >= 11 is 0. The normalized spacial score (nSPS) is 20.8. The van der Waals surface area contributed by atoms with E-state index in [1.807, 2.05) is 6.92 Å². The summed E-state index contributed by atoms with van der Waals surface area (Å²) in [5.41, 5.74) is -1.06. The lowest BCUT2D eigenvalue weighted by atomic mass is 10.2. The lowest BCUT2D eigenvalue weighted by molar-refractivity contribution is -0.141. The van der Waals surface area contributed by atoms with Crippen molar-refractivity contribution in [3.63, 3.8) is 0 Å². The Morgan fingerprint density at radius 1 is 1.50 bits per heavy atom. The summed E-state index contributed by atoms with van der Waals surface area (Å²) in [6.45, 7) is 3.22. The van der Waals surface area contributed by atoms with Gasteiger partial charge >= 0.3 is 5.97 Å². The van der Waals surface area contributed by atoms with Gasteiger partial charge in [-0.1, -0.05) is 6.92 Å². The van der Waals surface area contributed by atoms with Gasteiger partial charge in [-0.3, -0.25) is 29.8 Å². The number of amides is 1. The highest BCUT2D eigenvalue weighted by atomic mass is 16.5. The maximum atomic E-state index is 12.7. The van der Waals surface area contributed by atoms with Gasteiger partial charge in [0, 0.05) is 19.3 Å². The predicted octanol–water partition coefficient (Wildman–Crippen LogP) is -2.08. The minimum absolute atomic E-state index is 0.0257. The van der Waals surface area contributed by atoms with Crippen LogP contribution < -0.4 is 21.6 Å². The van der Waals surface area contributed by atoms with Gasteiger partial charge in [-0.15, -0.1) is 0 Å². The molecule has 1 fully saturated rings. The lowest BCUT2D eigenvalue weighted by Crippen LogP contribution is -2.47. The van der Waals surface area contributed by atoms with Crippen LogP contribution in [0.2, 0.25) is 0 Å². The number of methoxy groups -OCH3 is 1. The van der Waals surface area contributed by atoms with Gasteiger partial charge in [0.1, 0.15) is 17.8 Å². The molecule has 1 heterocycles. The zero-order valence-corrected chi connectivity index (χ0v) is 15.0. The van der Waals surface area contributed by atoms with Crippen molar-refractivity contribution in [2.45, 2.75) is 25.8 Å². The van der Waals surface area contributed by atoms with Crippen LogP contribution in [0.3, 0.4) is 0 Å². The number of aromatic nitrogens is 2. The second kappa shape index (κ2) is 7.46. The number of nitrogens with two attached hydrogens (primary N) is 1. The Morgan fingerprint density at radius 3 is 2.69 bits per heavy atom. The number of anilines is 1. The maximum absolute atomic E-state index is 12.7. The fourth-order valence-corrected chi connectivity index (χ4v) is 2.71. The van der Waals surface area contributed by atoms with Crippen molar-refractivity contribution in [2.75, 3.05) is 25.5 Å². The van der Waals surface area contributed by atoms with E-state index in [9.17, 15) is 14.4 Å². The molecule has 1 amide bonds. The molecule has 0 spiro atoms. The Balaban J connectivity index is 2.23. The third-order valence-corrected chi connectivity index (χ3v) is 4.47. The zero-order valence-electron chi connectivity index (χ0n) is 15.0. The number of esters is 1. The molecule has 0 saturated heterocycles. The SMILES string of the molecule is COC(=O)CNC(=O)[C@@]1(n2ccnc(NCC(=N)C(C)=[NH2+])c2=O)CC1C. The molecular formula is C16H23N6O4+. The summed E-state index contributed by atoms with van der Waals surface area (Å²) in [5.74, 6) is -1.05. The highest BCUT2D eigenvalue weighted by molar-refractivity contribution is 6.38. The van der Waals surface area contributed by atoms with Crippen LogP contribution in [-0.2, 0) is 19.9 Å². The Kier molecular flexibility index (Phi) is 5.53. The van der Waals surface area contributed by atoms with Crippen molar-refractivity contribution in [2.24, 2.45) is 5.92 Å². The number of hydrogen-bond donors (Lipinski definition) is 4. The first kappa shape index (κ1) is 19.3. The van der Waals surface area contributed by atoms with Gasteiger partial charge in [0.15, 0.2) is 11.5 Å². The van der Waals surface area contributed by atoms with E-state index >= 15 is 0 Å². The average molecular weight is 363 g/mol. The highest BCUT2D eigenvalue weighted by Crippen LogP contribution is 2.49. The zero-order chi connectivity index (χ0) is 19.5. The largest absolute Gasteiger partial charge is 0.468 e. The number of carbonyl (C=O) groups excluding carboxylic acids is 2. The molecule has 1 aliphatic rings. The van der Waals surface area contributed by atoms with E-state index in [1.54, 1.807) is 6.92 Å². The van der Waals surface area contributed by atoms with Crippen LogP contribution >= 0.6 is 0 Å². The number of nitrogens with zero attached hydrogens (tertiary/aromatic N) is 2. The summed E-state index contributed by atoms with van der Waals surface area (Å²) in [4.78, 5) is 40.6. The number of carbonyl (C=O) groups is 2. The second-order valence-electron chi connectivity index (χ2n) is 6.25. The van der Waals surface area contributed by atoms with E-state index in [2.05, 4.69) is 20.4 Å². The van der Waals surface area contributed by atoms with E-state index in [4.69, 9.17) is 10.8 Å². The molecule has 1 aromatic heterocycles. The quantitative estimate of drug-likeness (QED) is 0.307. The van der Waals surface area contributed by atoms with Crippen molar-refractivity contribution in [3.05, 3.63) is 22.7 Å². The van der Waals surface area contributed by atoms with Gasteiger partial charge in [0.25, 0.3) is 5.56 Å². The molecule has 0 aliphatic heterocycles. The van der Waals surface area contributed by atoms with Crippen LogP contribution in [0.1, 0.15) is 20.3 Å². The van der Waals surface area contributed by atoms with Crippen molar-refractivity contribution in [1.29, 1.82) is 5.41 Å². The van der Waals surface area contributed by atoms with E-state index in [1.165, 1.54) is 24.1 Å². The molecule has 1 unspecified atom stereocenters. The van der Waals surface area contributed by atoms with Crippen molar-refractivity contribution >= 4 is 29.1 Å². The van der Waals surface area contributed by atoms with Crippen LogP contribution in [0.25, 0.3) is 0 Å². The first-order chi connectivity index (χ1) is 12.2. The highest BCUT2D eigenvalue weighted by Gasteiger charge is 2.59. The Labute approximate surface area is 150 Å². The van der Waals surface area contributed by atoms with Gasteiger partial charge in [-0.25, -0.2) is 4.98 Å². The predicted molar refractivity (Wildman–Crippen MR) is 94.1 cm³/mol. The average Bonchev–Trinajstić information content (AvgIpc) is 3.29. The molecule has 10 nitrogen and oxygen atoms in total. The number of hydrogen-bond acceptors (Lipinski definition) is 7. The fraction of sp³-hybridized carbons (Fsp3) is 0.500. The summed E-state index contributed by atoms with van der Waals surface area (Å²) in [6, 6.07) is 0. The number of nitrogens with one attached hydrogen (secondary N) is 3. The van der Waals surface area contributed by atoms with Crippen LogP contribution in [0.15, 0.2) is 17.2 Å². The third-order valence-electron chi connectivity index (χ3n) is 4.47. The maximum Gasteiger partial charge on any atom is 0.325 e. The van der Waals surface area contributed by atoms with Crippen LogP contribution in [0.5, 0.6) is 0 Å². The Hall–Kier alpha value is -3.04. The van der Waals surface area contributed by atoms with Crippen molar-refractivity contribution in [1.82, 2.24) is 14.9 Å². The van der Waals surface area contributed by atoms with Gasteiger partial charge in [0.2, 0.25) is 5.91 Å². The van der Waals surface area contributed by atoms with E-state index in [-0.39, 0.29) is 30.5 Å². The summed E-state index contributed by atoms with van der Waals surface area (Å²) < 4.78 is 5.83. The third kappa shape index (κ3) is 3.63. The Morgan fingerprint density at radius 2 is 2.15 bits per heavy atom. The lowest BCUT2D eigenvalue weighted by Gasteiger charge is -2.20. The van der Waals surface area contributed by atoms with Gasteiger partial charge in [-0.2, -0.15) is 0 Å². The first-order valence-electron chi connectivity index (χ1n) is 8.08. The van der Waals surface area contributed by atoms with Crippen LogP contribution in [-0.4, -0.2) is 53.1 Å². The molecule has 2 atom stereocenters. The topological polar surface area (TPSA) is 152 Å². The van der Waals surface area contributed by atoms with Crippen LogP contribution in [0, 0.1) is 11.3 Å².